The Bertz CT molecular complexity index is 1430. The van der Waals surface area contributed by atoms with Gasteiger partial charge in [-0.2, -0.15) is 0 Å². The number of fused-ring (bicyclic) bond motifs is 2. The summed E-state index contributed by atoms with van der Waals surface area (Å²) < 4.78 is 1.55. The van der Waals surface area contributed by atoms with Gasteiger partial charge in [-0.05, 0) is 55.0 Å². The number of amides is 1. The standard InChI is InChI=1S/C25H21N5O2/c31-23(10-5-15-30-16-26-20-7-2-1-6-19(20)25(30)32)27-18-13-11-17(12-14-18)24-28-21-8-3-4-9-22(21)29-24/h1-4,6-9,11-14,16H,5,10,15H2,(H,27,31)(H,28,29). The SMILES string of the molecule is O=C(CCCn1cnc2ccccc2c1=O)Nc1ccc(-c2nc3ccccc3[nH]2)cc1. The Morgan fingerprint density at radius 3 is 2.50 bits per heavy atom. The summed E-state index contributed by atoms with van der Waals surface area (Å²) in [6.45, 7) is 0.440. The Hall–Kier alpha value is -4.26. The lowest BCUT2D eigenvalue weighted by atomic mass is 10.2. The number of nitrogens with one attached hydrogen (secondary N) is 2. The van der Waals surface area contributed by atoms with Gasteiger partial charge in [0.05, 0.1) is 28.3 Å². The highest BCUT2D eigenvalue weighted by Crippen LogP contribution is 2.22. The van der Waals surface area contributed by atoms with Gasteiger partial charge in [0.1, 0.15) is 5.82 Å². The van der Waals surface area contributed by atoms with Crippen molar-refractivity contribution in [2.45, 2.75) is 19.4 Å². The van der Waals surface area contributed by atoms with Gasteiger partial charge >= 0.3 is 0 Å². The minimum Gasteiger partial charge on any atom is -0.338 e. The fourth-order valence-corrected chi connectivity index (χ4v) is 3.70. The van der Waals surface area contributed by atoms with Crippen LogP contribution in [0.4, 0.5) is 5.69 Å². The maximum atomic E-state index is 12.5. The van der Waals surface area contributed by atoms with Crippen molar-refractivity contribution in [1.82, 2.24) is 19.5 Å². The molecule has 0 atom stereocenters. The van der Waals surface area contributed by atoms with Gasteiger partial charge in [-0.1, -0.05) is 24.3 Å². The second-order valence-electron chi connectivity index (χ2n) is 7.59. The first-order valence-electron chi connectivity index (χ1n) is 10.5. The van der Waals surface area contributed by atoms with E-state index in [0.29, 0.717) is 30.3 Å². The first-order chi connectivity index (χ1) is 15.7. The fraction of sp³-hybridized carbons (Fsp3) is 0.120. The zero-order chi connectivity index (χ0) is 21.9. The molecule has 1 amide bonds. The molecule has 0 unspecified atom stereocenters. The molecule has 0 aliphatic rings. The van der Waals surface area contributed by atoms with E-state index in [1.54, 1.807) is 17.0 Å². The number of carbonyl (C=O) groups is 1. The zero-order valence-corrected chi connectivity index (χ0v) is 17.3. The Kier molecular flexibility index (Phi) is 5.21. The molecular formula is C25H21N5O2. The van der Waals surface area contributed by atoms with E-state index in [-0.39, 0.29) is 11.5 Å². The Balaban J connectivity index is 1.18. The number of nitrogens with zero attached hydrogens (tertiary/aromatic N) is 3. The molecule has 32 heavy (non-hydrogen) atoms. The molecule has 158 valence electrons. The van der Waals surface area contributed by atoms with Crippen LogP contribution in [0.3, 0.4) is 0 Å². The number of hydrogen-bond donors (Lipinski definition) is 2. The predicted molar refractivity (Wildman–Crippen MR) is 125 cm³/mol. The fourth-order valence-electron chi connectivity index (χ4n) is 3.70. The van der Waals surface area contributed by atoms with Gasteiger partial charge in [0.2, 0.25) is 5.91 Å². The predicted octanol–water partition coefficient (Wildman–Crippen LogP) is 4.36. The Morgan fingerprint density at radius 1 is 0.938 bits per heavy atom. The normalized spacial score (nSPS) is 11.1. The average molecular weight is 423 g/mol. The lowest BCUT2D eigenvalue weighted by Gasteiger charge is -2.08. The smallest absolute Gasteiger partial charge is 0.261 e. The summed E-state index contributed by atoms with van der Waals surface area (Å²) in [4.78, 5) is 37.1. The molecule has 2 aromatic heterocycles. The summed E-state index contributed by atoms with van der Waals surface area (Å²) in [5.74, 6) is 0.696. The van der Waals surface area contributed by atoms with Crippen LogP contribution in [0.2, 0.25) is 0 Å². The second kappa shape index (κ2) is 8.47. The number of rotatable bonds is 6. The molecular weight excluding hydrogens is 402 g/mol. The van der Waals surface area contributed by atoms with Crippen molar-refractivity contribution in [1.29, 1.82) is 0 Å². The van der Waals surface area contributed by atoms with Crippen LogP contribution < -0.4 is 10.9 Å². The number of benzene rings is 3. The number of carbonyl (C=O) groups excluding carboxylic acids is 1. The topological polar surface area (TPSA) is 92.7 Å². The quantitative estimate of drug-likeness (QED) is 0.424. The van der Waals surface area contributed by atoms with E-state index in [1.165, 1.54) is 0 Å². The molecule has 2 heterocycles. The average Bonchev–Trinajstić information content (AvgIpc) is 3.25. The molecule has 0 fully saturated rings. The van der Waals surface area contributed by atoms with E-state index >= 15 is 0 Å². The first-order valence-corrected chi connectivity index (χ1v) is 10.5. The van der Waals surface area contributed by atoms with E-state index in [1.807, 2.05) is 66.7 Å². The van der Waals surface area contributed by atoms with Crippen molar-refractivity contribution in [3.63, 3.8) is 0 Å². The third kappa shape index (κ3) is 4.00. The molecule has 2 N–H and O–H groups in total. The van der Waals surface area contributed by atoms with Crippen molar-refractivity contribution < 1.29 is 4.79 Å². The zero-order valence-electron chi connectivity index (χ0n) is 17.3. The highest BCUT2D eigenvalue weighted by molar-refractivity contribution is 5.91. The van der Waals surface area contributed by atoms with Crippen LogP contribution in [0.15, 0.2) is 83.9 Å². The van der Waals surface area contributed by atoms with Crippen molar-refractivity contribution in [2.24, 2.45) is 0 Å². The van der Waals surface area contributed by atoms with Crippen LogP contribution in [0.25, 0.3) is 33.3 Å². The van der Waals surface area contributed by atoms with Gasteiger partial charge in [-0.15, -0.1) is 0 Å². The molecule has 3 aromatic carbocycles. The highest BCUT2D eigenvalue weighted by Gasteiger charge is 2.08. The van der Waals surface area contributed by atoms with Gasteiger partial charge in [-0.3, -0.25) is 14.2 Å². The van der Waals surface area contributed by atoms with E-state index < -0.39 is 0 Å². The molecule has 0 saturated carbocycles. The number of hydrogen-bond acceptors (Lipinski definition) is 4. The number of para-hydroxylation sites is 3. The summed E-state index contributed by atoms with van der Waals surface area (Å²) >= 11 is 0. The maximum absolute atomic E-state index is 12.5. The third-order valence-corrected chi connectivity index (χ3v) is 5.37. The minimum absolute atomic E-state index is 0.0859. The first kappa shape index (κ1) is 19.7. The summed E-state index contributed by atoms with van der Waals surface area (Å²) in [6, 6.07) is 22.7. The molecule has 7 heteroatoms. The molecule has 5 rings (SSSR count). The van der Waals surface area contributed by atoms with Crippen LogP contribution in [0, 0.1) is 0 Å². The third-order valence-electron chi connectivity index (χ3n) is 5.37. The van der Waals surface area contributed by atoms with Crippen LogP contribution in [-0.4, -0.2) is 25.4 Å². The molecule has 0 saturated heterocycles. The molecule has 0 aliphatic heterocycles. The van der Waals surface area contributed by atoms with Crippen molar-refractivity contribution in [3.8, 4) is 11.4 Å². The van der Waals surface area contributed by atoms with E-state index in [0.717, 1.165) is 28.1 Å². The number of aryl methyl sites for hydroxylation is 1. The van der Waals surface area contributed by atoms with E-state index in [4.69, 9.17) is 0 Å². The van der Waals surface area contributed by atoms with E-state index in [9.17, 15) is 9.59 Å². The molecule has 0 aliphatic carbocycles. The van der Waals surface area contributed by atoms with E-state index in [2.05, 4.69) is 20.3 Å². The summed E-state index contributed by atoms with van der Waals surface area (Å²) in [6.07, 6.45) is 2.40. The summed E-state index contributed by atoms with van der Waals surface area (Å²) in [5, 5.41) is 3.49. The number of anilines is 1. The number of H-pyrrole nitrogens is 1. The molecule has 7 nitrogen and oxygen atoms in total. The molecule has 5 aromatic rings. The van der Waals surface area contributed by atoms with Crippen LogP contribution in [0.5, 0.6) is 0 Å². The van der Waals surface area contributed by atoms with Crippen molar-refractivity contribution in [3.05, 3.63) is 89.5 Å². The lowest BCUT2D eigenvalue weighted by Crippen LogP contribution is -2.21. The lowest BCUT2D eigenvalue weighted by molar-refractivity contribution is -0.116. The van der Waals surface area contributed by atoms with Crippen LogP contribution in [0.1, 0.15) is 12.8 Å². The van der Waals surface area contributed by atoms with Gasteiger partial charge < -0.3 is 10.3 Å². The van der Waals surface area contributed by atoms with Crippen LogP contribution in [-0.2, 0) is 11.3 Å². The van der Waals surface area contributed by atoms with Gasteiger partial charge in [0.15, 0.2) is 0 Å². The molecule has 0 radical (unpaired) electrons. The van der Waals surface area contributed by atoms with Gasteiger partial charge in [0, 0.05) is 24.2 Å². The number of aromatic nitrogens is 4. The monoisotopic (exact) mass is 423 g/mol. The molecule has 0 bridgehead atoms. The maximum Gasteiger partial charge on any atom is 0.261 e. The van der Waals surface area contributed by atoms with Crippen molar-refractivity contribution in [2.75, 3.05) is 5.32 Å². The highest BCUT2D eigenvalue weighted by atomic mass is 16.1. The largest absolute Gasteiger partial charge is 0.338 e. The summed E-state index contributed by atoms with van der Waals surface area (Å²) in [7, 11) is 0. The Morgan fingerprint density at radius 2 is 1.69 bits per heavy atom. The minimum atomic E-state index is -0.0942. The Labute approximate surface area is 183 Å². The number of aromatic amines is 1. The second-order valence-corrected chi connectivity index (χ2v) is 7.59. The van der Waals surface area contributed by atoms with Crippen molar-refractivity contribution >= 4 is 33.5 Å². The number of imidazole rings is 1. The molecule has 0 spiro atoms. The summed E-state index contributed by atoms with van der Waals surface area (Å²) in [5.41, 5.74) is 4.16. The van der Waals surface area contributed by atoms with Gasteiger partial charge in [0.25, 0.3) is 5.56 Å². The van der Waals surface area contributed by atoms with Gasteiger partial charge in [-0.25, -0.2) is 9.97 Å². The van der Waals surface area contributed by atoms with Crippen LogP contribution >= 0.6 is 0 Å².